The molecule has 8 rings (SSSR count). The van der Waals surface area contributed by atoms with Crippen LogP contribution in [0.3, 0.4) is 0 Å². The van der Waals surface area contributed by atoms with Crippen molar-refractivity contribution in [2.75, 3.05) is 6.61 Å². The van der Waals surface area contributed by atoms with Crippen LogP contribution in [-0.2, 0) is 16.0 Å². The lowest BCUT2D eigenvalue weighted by atomic mass is 9.79. The first-order valence-corrected chi connectivity index (χ1v) is 15.4. The summed E-state index contributed by atoms with van der Waals surface area (Å²) in [7, 11) is 0. The molecule has 0 bridgehead atoms. The fraction of sp³-hybridized carbons (Fsp3) is 0.150. The van der Waals surface area contributed by atoms with Crippen molar-refractivity contribution in [1.82, 2.24) is 9.38 Å². The van der Waals surface area contributed by atoms with Crippen LogP contribution < -0.4 is 0 Å². The van der Waals surface area contributed by atoms with Crippen LogP contribution in [0.25, 0.3) is 44.1 Å². The molecule has 4 nitrogen and oxygen atoms in total. The quantitative estimate of drug-likeness (QED) is 0.191. The zero-order valence-electron chi connectivity index (χ0n) is 25.3. The average molecular weight is 595 g/mol. The zero-order chi connectivity index (χ0) is 31.0. The number of hydrogen-bond acceptors (Lipinski definition) is 3. The van der Waals surface area contributed by atoms with Gasteiger partial charge in [-0.2, -0.15) is 0 Å². The van der Waals surface area contributed by atoms with Crippen molar-refractivity contribution < 1.29 is 13.9 Å². The predicted molar refractivity (Wildman–Crippen MR) is 181 cm³/mol. The molecular formula is C40H35FN2O2. The summed E-state index contributed by atoms with van der Waals surface area (Å²) in [6, 6.07) is 30.3. The lowest BCUT2D eigenvalue weighted by molar-refractivity contribution is -0.128. The normalized spacial score (nSPS) is 13.2. The summed E-state index contributed by atoms with van der Waals surface area (Å²) in [5, 5.41) is 2.56. The fourth-order valence-electron chi connectivity index (χ4n) is 6.17. The SMILES string of the molecule is CCOC=O.Fc1ccc(-c2cc3c4c(ccc3cc2-c2ccncc2)C2=C(CCC=C2)CC4)cc1.c1ccn2cccc2c1. The number of allylic oxidation sites excluding steroid dienone is 4. The second kappa shape index (κ2) is 14.0. The number of aromatic nitrogens is 2. The zero-order valence-corrected chi connectivity index (χ0v) is 25.3. The van der Waals surface area contributed by atoms with Gasteiger partial charge in [0.25, 0.3) is 6.47 Å². The number of nitrogens with zero attached hydrogens (tertiary/aromatic N) is 2. The molecule has 3 aromatic heterocycles. The van der Waals surface area contributed by atoms with E-state index in [1.54, 1.807) is 24.6 Å². The number of rotatable bonds is 4. The number of benzene rings is 3. The molecule has 0 aliphatic heterocycles. The summed E-state index contributed by atoms with van der Waals surface area (Å²) in [4.78, 5) is 13.4. The van der Waals surface area contributed by atoms with E-state index in [0.717, 1.165) is 41.5 Å². The van der Waals surface area contributed by atoms with Crippen LogP contribution >= 0.6 is 0 Å². The monoisotopic (exact) mass is 594 g/mol. The van der Waals surface area contributed by atoms with E-state index >= 15 is 0 Å². The lowest BCUT2D eigenvalue weighted by Gasteiger charge is -2.26. The largest absolute Gasteiger partial charge is 0.468 e. The van der Waals surface area contributed by atoms with Crippen LogP contribution in [0.2, 0.25) is 0 Å². The maximum absolute atomic E-state index is 13.6. The molecule has 2 aliphatic carbocycles. The Bertz CT molecular complexity index is 1960. The van der Waals surface area contributed by atoms with Crippen molar-refractivity contribution in [3.05, 3.63) is 150 Å². The molecular weight excluding hydrogens is 559 g/mol. The number of aryl methyl sites for hydroxylation is 1. The molecule has 0 fully saturated rings. The Kier molecular flexibility index (Phi) is 9.26. The standard InChI is InChI=1S/C29H22FN.C8H7N.C3H6O2/c30-23-9-5-20(6-10-23)28-18-29-22(17-27(28)21-13-15-31-16-14-21)8-12-25-24-4-2-1-3-19(24)7-11-26(25)29;1-2-6-9-7-3-5-8(9)4-1;1-2-5-3-4/h2,4-6,8-10,12-18H,1,3,7,11H2;1-7H;3H,2H2,1H3. The molecule has 45 heavy (non-hydrogen) atoms. The third-order valence-electron chi connectivity index (χ3n) is 8.33. The third kappa shape index (κ3) is 6.63. The molecule has 3 heterocycles. The van der Waals surface area contributed by atoms with Gasteiger partial charge in [0.15, 0.2) is 0 Å². The molecule has 2 aliphatic rings. The van der Waals surface area contributed by atoms with E-state index in [9.17, 15) is 9.18 Å². The second-order valence-electron chi connectivity index (χ2n) is 11.0. The maximum atomic E-state index is 13.6. The van der Waals surface area contributed by atoms with Crippen LogP contribution in [0.15, 0.2) is 134 Å². The van der Waals surface area contributed by atoms with E-state index in [4.69, 9.17) is 0 Å². The van der Waals surface area contributed by atoms with Gasteiger partial charge in [-0.1, -0.05) is 48.1 Å². The molecule has 0 radical (unpaired) electrons. The van der Waals surface area contributed by atoms with E-state index in [2.05, 4.69) is 62.7 Å². The van der Waals surface area contributed by atoms with Crippen LogP contribution in [-0.4, -0.2) is 22.5 Å². The summed E-state index contributed by atoms with van der Waals surface area (Å²) in [6.45, 7) is 2.66. The minimum absolute atomic E-state index is 0.212. The van der Waals surface area contributed by atoms with Gasteiger partial charge in [0, 0.05) is 30.3 Å². The van der Waals surface area contributed by atoms with Crippen LogP contribution in [0.1, 0.15) is 37.3 Å². The smallest absolute Gasteiger partial charge is 0.293 e. The maximum Gasteiger partial charge on any atom is 0.293 e. The van der Waals surface area contributed by atoms with Crippen molar-refractivity contribution in [3.63, 3.8) is 0 Å². The summed E-state index contributed by atoms with van der Waals surface area (Å²) in [5.41, 5.74) is 11.5. The number of halogens is 1. The number of fused-ring (bicyclic) bond motifs is 5. The first-order chi connectivity index (χ1) is 22.2. The molecule has 0 unspecified atom stereocenters. The Morgan fingerprint density at radius 3 is 2.33 bits per heavy atom. The second-order valence-corrected chi connectivity index (χ2v) is 11.0. The van der Waals surface area contributed by atoms with E-state index < -0.39 is 0 Å². The molecule has 0 N–H and O–H groups in total. The predicted octanol–water partition coefficient (Wildman–Crippen LogP) is 9.88. The van der Waals surface area contributed by atoms with E-state index in [0.29, 0.717) is 13.1 Å². The van der Waals surface area contributed by atoms with Crippen molar-refractivity contribution in [2.45, 2.75) is 32.6 Å². The summed E-state index contributed by atoms with van der Waals surface area (Å²) < 4.78 is 19.9. The number of carbonyl (C=O) groups is 1. The first-order valence-electron chi connectivity index (χ1n) is 15.4. The number of hydrogen-bond donors (Lipinski definition) is 0. The fourth-order valence-corrected chi connectivity index (χ4v) is 6.17. The molecule has 0 spiro atoms. The summed E-state index contributed by atoms with van der Waals surface area (Å²) >= 11 is 0. The molecule has 0 saturated carbocycles. The van der Waals surface area contributed by atoms with Gasteiger partial charge in [-0.15, -0.1) is 0 Å². The Labute approximate surface area is 263 Å². The van der Waals surface area contributed by atoms with E-state index in [1.807, 2.05) is 67.3 Å². The highest BCUT2D eigenvalue weighted by molar-refractivity contribution is 6.00. The molecule has 3 aromatic carbocycles. The summed E-state index contributed by atoms with van der Waals surface area (Å²) in [5.74, 6) is -0.212. The van der Waals surface area contributed by atoms with Gasteiger partial charge in [0.2, 0.25) is 0 Å². The Hall–Kier alpha value is -5.29. The molecule has 5 heteroatoms. The summed E-state index contributed by atoms with van der Waals surface area (Å²) in [6.07, 6.45) is 16.9. The first kappa shape index (κ1) is 29.8. The van der Waals surface area contributed by atoms with Gasteiger partial charge >= 0.3 is 0 Å². The van der Waals surface area contributed by atoms with Gasteiger partial charge in [-0.05, 0) is 143 Å². The lowest BCUT2D eigenvalue weighted by Crippen LogP contribution is -2.07. The van der Waals surface area contributed by atoms with Gasteiger partial charge in [-0.25, -0.2) is 4.39 Å². The number of pyridine rings is 2. The molecule has 0 atom stereocenters. The highest BCUT2D eigenvalue weighted by atomic mass is 19.1. The van der Waals surface area contributed by atoms with Crippen LogP contribution in [0, 0.1) is 5.82 Å². The topological polar surface area (TPSA) is 43.6 Å². The number of carbonyl (C=O) groups excluding carboxylic acids is 1. The van der Waals surface area contributed by atoms with E-state index in [1.165, 1.54) is 39.4 Å². The molecule has 0 amide bonds. The highest BCUT2D eigenvalue weighted by Gasteiger charge is 2.21. The van der Waals surface area contributed by atoms with Gasteiger partial charge in [0.1, 0.15) is 5.82 Å². The highest BCUT2D eigenvalue weighted by Crippen LogP contribution is 2.43. The Morgan fingerprint density at radius 2 is 1.58 bits per heavy atom. The average Bonchev–Trinajstić information content (AvgIpc) is 3.58. The van der Waals surface area contributed by atoms with Gasteiger partial charge in [0.05, 0.1) is 6.61 Å². The van der Waals surface area contributed by atoms with Gasteiger partial charge < -0.3 is 9.14 Å². The van der Waals surface area contributed by atoms with Crippen molar-refractivity contribution in [2.24, 2.45) is 0 Å². The van der Waals surface area contributed by atoms with Crippen molar-refractivity contribution >= 4 is 28.3 Å². The van der Waals surface area contributed by atoms with Crippen molar-refractivity contribution in [3.8, 4) is 22.3 Å². The third-order valence-corrected chi connectivity index (χ3v) is 8.33. The minimum atomic E-state index is -0.212. The number of ether oxygens (including phenoxy) is 1. The van der Waals surface area contributed by atoms with Crippen LogP contribution in [0.4, 0.5) is 4.39 Å². The molecule has 6 aromatic rings. The van der Waals surface area contributed by atoms with E-state index in [-0.39, 0.29) is 5.82 Å². The minimum Gasteiger partial charge on any atom is -0.468 e. The Balaban J connectivity index is 0.000000211. The Morgan fingerprint density at radius 1 is 0.822 bits per heavy atom. The van der Waals surface area contributed by atoms with Crippen LogP contribution in [0.5, 0.6) is 0 Å². The van der Waals surface area contributed by atoms with Gasteiger partial charge in [-0.3, -0.25) is 9.78 Å². The van der Waals surface area contributed by atoms with Crippen molar-refractivity contribution in [1.29, 1.82) is 0 Å². The molecule has 0 saturated heterocycles. The molecule has 224 valence electrons.